The number of hydrogen-bond donors (Lipinski definition) is 2. The summed E-state index contributed by atoms with van der Waals surface area (Å²) in [4.78, 5) is 14.1. The summed E-state index contributed by atoms with van der Waals surface area (Å²) in [7, 11) is 0. The van der Waals surface area contributed by atoms with E-state index in [0.717, 1.165) is 18.6 Å². The van der Waals surface area contributed by atoms with Crippen molar-refractivity contribution < 1.29 is 9.21 Å². The molecule has 2 rings (SSSR count). The second-order valence-corrected chi connectivity index (χ2v) is 5.18. The van der Waals surface area contributed by atoms with Crippen LogP contribution in [-0.4, -0.2) is 22.9 Å². The highest BCUT2D eigenvalue weighted by Gasteiger charge is 2.38. The van der Waals surface area contributed by atoms with Gasteiger partial charge in [0.25, 0.3) is 5.91 Å². The molecular formula is C13H21N3O2. The molecule has 5 nitrogen and oxygen atoms in total. The first-order valence-electron chi connectivity index (χ1n) is 6.42. The maximum atomic E-state index is 11.9. The number of hydrogen-bond acceptors (Lipinski definition) is 4. The fourth-order valence-electron chi connectivity index (χ4n) is 2.36. The number of amides is 1. The summed E-state index contributed by atoms with van der Waals surface area (Å²) >= 11 is 0. The Morgan fingerprint density at radius 3 is 2.78 bits per heavy atom. The normalized spacial score (nSPS) is 17.2. The lowest BCUT2D eigenvalue weighted by molar-refractivity contribution is -0.128. The average Bonchev–Trinajstić information content (AvgIpc) is 3.06. The molecule has 1 saturated carbocycles. The lowest BCUT2D eigenvalue weighted by Gasteiger charge is -2.32. The predicted molar refractivity (Wildman–Crippen MR) is 68.2 cm³/mol. The first-order chi connectivity index (χ1) is 8.63. The Morgan fingerprint density at radius 1 is 1.61 bits per heavy atom. The Hall–Kier alpha value is -1.33. The summed E-state index contributed by atoms with van der Waals surface area (Å²) in [6.07, 6.45) is 3.94. The molecule has 1 aromatic rings. The van der Waals surface area contributed by atoms with E-state index in [0.29, 0.717) is 12.6 Å². The third kappa shape index (κ3) is 2.91. The van der Waals surface area contributed by atoms with Crippen molar-refractivity contribution in [2.24, 2.45) is 11.8 Å². The van der Waals surface area contributed by atoms with Gasteiger partial charge in [0.15, 0.2) is 0 Å². The van der Waals surface area contributed by atoms with E-state index in [1.54, 1.807) is 6.26 Å². The number of nitrogens with two attached hydrogens (primary N) is 1. The molecular weight excluding hydrogens is 230 g/mol. The first-order valence-corrected chi connectivity index (χ1v) is 6.42. The van der Waals surface area contributed by atoms with Gasteiger partial charge >= 0.3 is 0 Å². The minimum Gasteiger partial charge on any atom is -0.468 e. The van der Waals surface area contributed by atoms with Crippen LogP contribution < -0.4 is 11.3 Å². The molecule has 3 N–H and O–H groups in total. The summed E-state index contributed by atoms with van der Waals surface area (Å²) in [6.45, 7) is 4.74. The van der Waals surface area contributed by atoms with Crippen LogP contribution >= 0.6 is 0 Å². The molecule has 0 bridgehead atoms. The van der Waals surface area contributed by atoms with E-state index in [1.807, 2.05) is 26.0 Å². The van der Waals surface area contributed by atoms with Gasteiger partial charge < -0.3 is 4.42 Å². The minimum absolute atomic E-state index is 0.122. The van der Waals surface area contributed by atoms with Gasteiger partial charge in [0.1, 0.15) is 5.76 Å². The zero-order chi connectivity index (χ0) is 13.1. The fourth-order valence-corrected chi connectivity index (χ4v) is 2.36. The number of furan rings is 1. The van der Waals surface area contributed by atoms with Crippen molar-refractivity contribution in [3.63, 3.8) is 0 Å². The van der Waals surface area contributed by atoms with Crippen LogP contribution in [0.15, 0.2) is 22.8 Å². The highest BCUT2D eigenvalue weighted by molar-refractivity contribution is 5.81. The number of carbonyl (C=O) groups is 1. The maximum absolute atomic E-state index is 11.9. The third-order valence-electron chi connectivity index (χ3n) is 3.33. The van der Waals surface area contributed by atoms with Crippen molar-refractivity contribution in [1.29, 1.82) is 0 Å². The van der Waals surface area contributed by atoms with Crippen molar-refractivity contribution in [2.45, 2.75) is 45.3 Å². The maximum Gasteiger partial charge on any atom is 0.251 e. The number of carbonyl (C=O) groups excluding carboxylic acids is 1. The van der Waals surface area contributed by atoms with Crippen LogP contribution in [0.2, 0.25) is 0 Å². The van der Waals surface area contributed by atoms with Gasteiger partial charge in [-0.3, -0.25) is 15.1 Å². The summed E-state index contributed by atoms with van der Waals surface area (Å²) in [6, 6.07) is 4.08. The fraction of sp³-hybridized carbons (Fsp3) is 0.615. The highest BCUT2D eigenvalue weighted by atomic mass is 16.3. The van der Waals surface area contributed by atoms with Gasteiger partial charge in [-0.1, -0.05) is 13.8 Å². The molecule has 1 fully saturated rings. The lowest BCUT2D eigenvalue weighted by Crippen LogP contribution is -2.52. The average molecular weight is 251 g/mol. The molecule has 18 heavy (non-hydrogen) atoms. The molecule has 5 heteroatoms. The number of nitrogens with one attached hydrogen (secondary N) is 1. The molecule has 0 spiro atoms. The van der Waals surface area contributed by atoms with Crippen LogP contribution in [0.4, 0.5) is 0 Å². The van der Waals surface area contributed by atoms with Gasteiger partial charge in [0.2, 0.25) is 0 Å². The van der Waals surface area contributed by atoms with E-state index in [2.05, 4.69) is 10.3 Å². The lowest BCUT2D eigenvalue weighted by atomic mass is 10.0. The van der Waals surface area contributed by atoms with E-state index in [9.17, 15) is 4.79 Å². The van der Waals surface area contributed by atoms with E-state index in [1.165, 1.54) is 0 Å². The van der Waals surface area contributed by atoms with Crippen LogP contribution in [0.1, 0.15) is 32.4 Å². The molecule has 0 saturated heterocycles. The first kappa shape index (κ1) is 13.1. The molecule has 100 valence electrons. The van der Waals surface area contributed by atoms with E-state index >= 15 is 0 Å². The molecule has 1 aliphatic rings. The van der Waals surface area contributed by atoms with Gasteiger partial charge in [-0.2, -0.15) is 0 Å². The Bertz CT molecular complexity index is 385. The summed E-state index contributed by atoms with van der Waals surface area (Å²) in [5, 5.41) is 0. The minimum atomic E-state index is -0.201. The van der Waals surface area contributed by atoms with Crippen LogP contribution in [0.5, 0.6) is 0 Å². The molecule has 1 heterocycles. The summed E-state index contributed by atoms with van der Waals surface area (Å²) in [5.74, 6) is 6.27. The van der Waals surface area contributed by atoms with E-state index < -0.39 is 0 Å². The number of rotatable bonds is 6. The van der Waals surface area contributed by atoms with Gasteiger partial charge in [-0.15, -0.1) is 0 Å². The summed E-state index contributed by atoms with van der Waals surface area (Å²) in [5.41, 5.74) is 2.28. The number of nitrogens with zero attached hydrogens (tertiary/aromatic N) is 1. The molecule has 0 aliphatic heterocycles. The molecule has 0 radical (unpaired) electrons. The Labute approximate surface area is 107 Å². The van der Waals surface area contributed by atoms with Gasteiger partial charge in [0.05, 0.1) is 18.8 Å². The largest absolute Gasteiger partial charge is 0.468 e. The van der Waals surface area contributed by atoms with Crippen molar-refractivity contribution in [3.8, 4) is 0 Å². The van der Waals surface area contributed by atoms with Crippen LogP contribution in [0.25, 0.3) is 0 Å². The molecule has 1 atom stereocenters. The Morgan fingerprint density at radius 2 is 2.33 bits per heavy atom. The smallest absolute Gasteiger partial charge is 0.251 e. The molecule has 1 unspecified atom stereocenters. The van der Waals surface area contributed by atoms with E-state index in [-0.39, 0.29) is 17.9 Å². The van der Waals surface area contributed by atoms with Crippen molar-refractivity contribution in [1.82, 2.24) is 10.3 Å². The van der Waals surface area contributed by atoms with Crippen LogP contribution in [-0.2, 0) is 11.3 Å². The molecule has 0 aromatic carbocycles. The summed E-state index contributed by atoms with van der Waals surface area (Å²) < 4.78 is 5.38. The second kappa shape index (κ2) is 5.54. The van der Waals surface area contributed by atoms with Crippen molar-refractivity contribution in [2.75, 3.05) is 0 Å². The van der Waals surface area contributed by atoms with Crippen LogP contribution in [0, 0.1) is 5.92 Å². The quantitative estimate of drug-likeness (QED) is 0.453. The zero-order valence-corrected chi connectivity index (χ0v) is 10.9. The number of hydrazine groups is 1. The molecule has 1 aliphatic carbocycles. The second-order valence-electron chi connectivity index (χ2n) is 5.18. The zero-order valence-electron chi connectivity index (χ0n) is 10.9. The molecule has 1 aromatic heterocycles. The predicted octanol–water partition coefficient (Wildman–Crippen LogP) is 1.26. The third-order valence-corrected chi connectivity index (χ3v) is 3.33. The van der Waals surface area contributed by atoms with Gasteiger partial charge in [-0.05, 0) is 30.9 Å². The van der Waals surface area contributed by atoms with Crippen LogP contribution in [0.3, 0.4) is 0 Å². The van der Waals surface area contributed by atoms with Crippen molar-refractivity contribution >= 4 is 5.91 Å². The topological polar surface area (TPSA) is 71.5 Å². The monoisotopic (exact) mass is 251 g/mol. The van der Waals surface area contributed by atoms with Gasteiger partial charge in [-0.25, -0.2) is 5.84 Å². The molecule has 1 amide bonds. The SMILES string of the molecule is CC(C)C(C(=O)NN)N(Cc1ccco1)C1CC1. The van der Waals surface area contributed by atoms with E-state index in [4.69, 9.17) is 10.3 Å². The van der Waals surface area contributed by atoms with Gasteiger partial charge in [0, 0.05) is 6.04 Å². The Balaban J connectivity index is 2.14. The standard InChI is InChI=1S/C13H21N3O2/c1-9(2)12(13(17)15-14)16(10-5-6-10)8-11-4-3-7-18-11/h3-4,7,9-10,12H,5-6,8,14H2,1-2H3,(H,15,17). The van der Waals surface area contributed by atoms with Crippen molar-refractivity contribution in [3.05, 3.63) is 24.2 Å². The highest BCUT2D eigenvalue weighted by Crippen LogP contribution is 2.32. The Kier molecular flexibility index (Phi) is 4.04.